The average molecular weight is 423 g/mol. The molecule has 1 saturated carbocycles. The molecule has 0 spiro atoms. The van der Waals surface area contributed by atoms with Crippen molar-refractivity contribution in [2.45, 2.75) is 58.8 Å². The van der Waals surface area contributed by atoms with Crippen LogP contribution >= 0.6 is 0 Å². The fourth-order valence-corrected chi connectivity index (χ4v) is 4.66. The smallest absolute Gasteiger partial charge is 0.222 e. The minimum Gasteiger partial charge on any atom is -0.353 e. The zero-order valence-corrected chi connectivity index (χ0v) is 18.8. The summed E-state index contributed by atoms with van der Waals surface area (Å²) < 4.78 is 0. The summed E-state index contributed by atoms with van der Waals surface area (Å²) in [7, 11) is 0. The highest BCUT2D eigenvalue weighted by molar-refractivity contribution is 5.76. The van der Waals surface area contributed by atoms with Crippen LogP contribution in [0.15, 0.2) is 24.4 Å². The van der Waals surface area contributed by atoms with Crippen molar-refractivity contribution in [2.75, 3.05) is 36.4 Å². The fraction of sp³-hybridized carbons (Fsp3) is 0.583. The molecule has 1 saturated heterocycles. The van der Waals surface area contributed by atoms with Crippen LogP contribution in [0.25, 0.3) is 0 Å². The molecule has 7 heteroatoms. The van der Waals surface area contributed by atoms with Gasteiger partial charge < -0.3 is 15.1 Å². The molecule has 1 amide bonds. The van der Waals surface area contributed by atoms with Crippen LogP contribution in [0.3, 0.4) is 0 Å². The second-order valence-corrected chi connectivity index (χ2v) is 8.91. The van der Waals surface area contributed by atoms with E-state index in [9.17, 15) is 4.79 Å². The first-order chi connectivity index (χ1) is 15.1. The number of aromatic nitrogens is 3. The number of hydrogen-bond acceptors (Lipinski definition) is 6. The lowest BCUT2D eigenvalue weighted by molar-refractivity contribution is -0.131. The number of piperazine rings is 1. The summed E-state index contributed by atoms with van der Waals surface area (Å²) in [5.41, 5.74) is 1.15. The molecule has 166 valence electrons. The third kappa shape index (κ3) is 5.93. The molecule has 0 bridgehead atoms. The molecule has 1 aliphatic heterocycles. The molecule has 2 aromatic rings. The number of hydrogen-bond donors (Lipinski definition) is 1. The van der Waals surface area contributed by atoms with E-state index in [1.807, 2.05) is 36.9 Å². The van der Waals surface area contributed by atoms with Crippen molar-refractivity contribution in [3.8, 4) is 0 Å². The number of carbonyl (C=O) groups is 1. The SMILES string of the molecule is Cc1ccnc(Nc2cc(N3CCN(C(=O)CCC4CCCCC4)CC3)nc(C)n2)c1. The lowest BCUT2D eigenvalue weighted by Crippen LogP contribution is -2.49. The molecule has 7 nitrogen and oxygen atoms in total. The number of amides is 1. The molecule has 0 aromatic carbocycles. The zero-order valence-electron chi connectivity index (χ0n) is 18.8. The van der Waals surface area contributed by atoms with Crippen molar-refractivity contribution in [3.05, 3.63) is 35.8 Å². The van der Waals surface area contributed by atoms with Crippen LogP contribution in [0.4, 0.5) is 17.5 Å². The highest BCUT2D eigenvalue weighted by Gasteiger charge is 2.23. The molecule has 1 aliphatic carbocycles. The first-order valence-corrected chi connectivity index (χ1v) is 11.6. The topological polar surface area (TPSA) is 74.2 Å². The van der Waals surface area contributed by atoms with Gasteiger partial charge in [0.1, 0.15) is 23.3 Å². The van der Waals surface area contributed by atoms with Gasteiger partial charge in [0.25, 0.3) is 0 Å². The van der Waals surface area contributed by atoms with Gasteiger partial charge in [-0.25, -0.2) is 15.0 Å². The number of anilines is 3. The summed E-state index contributed by atoms with van der Waals surface area (Å²) in [5, 5.41) is 3.29. The third-order valence-corrected chi connectivity index (χ3v) is 6.44. The first kappa shape index (κ1) is 21.5. The van der Waals surface area contributed by atoms with Gasteiger partial charge in [0.15, 0.2) is 0 Å². The summed E-state index contributed by atoms with van der Waals surface area (Å²) in [5.74, 6) is 4.22. The first-order valence-electron chi connectivity index (χ1n) is 11.6. The maximum Gasteiger partial charge on any atom is 0.222 e. The normalized spacial score (nSPS) is 17.6. The zero-order chi connectivity index (χ0) is 21.6. The minimum atomic E-state index is 0.317. The number of carbonyl (C=O) groups excluding carboxylic acids is 1. The molecule has 2 aliphatic rings. The van der Waals surface area contributed by atoms with Crippen LogP contribution in [0.2, 0.25) is 0 Å². The highest BCUT2D eigenvalue weighted by atomic mass is 16.2. The Bertz CT molecular complexity index is 887. The summed E-state index contributed by atoms with van der Waals surface area (Å²) >= 11 is 0. The Morgan fingerprint density at radius 1 is 1.03 bits per heavy atom. The van der Waals surface area contributed by atoms with E-state index in [2.05, 4.69) is 25.2 Å². The number of pyridine rings is 1. The Kier molecular flexibility index (Phi) is 6.99. The van der Waals surface area contributed by atoms with Crippen LogP contribution in [-0.2, 0) is 4.79 Å². The second-order valence-electron chi connectivity index (χ2n) is 8.91. The summed E-state index contributed by atoms with van der Waals surface area (Å²) in [6.45, 7) is 7.06. The van der Waals surface area contributed by atoms with E-state index in [0.29, 0.717) is 12.3 Å². The Balaban J connectivity index is 1.31. The largest absolute Gasteiger partial charge is 0.353 e. The third-order valence-electron chi connectivity index (χ3n) is 6.44. The summed E-state index contributed by atoms with van der Waals surface area (Å²) in [6, 6.07) is 5.93. The number of nitrogens with one attached hydrogen (secondary N) is 1. The lowest BCUT2D eigenvalue weighted by atomic mass is 9.86. The van der Waals surface area contributed by atoms with E-state index >= 15 is 0 Å². The molecule has 2 fully saturated rings. The standard InChI is InChI=1S/C24H34N6O/c1-18-10-11-25-21(16-18)28-22-17-23(27-19(2)26-22)29-12-14-30(15-13-29)24(31)9-8-20-6-4-3-5-7-20/h10-11,16-17,20H,3-9,12-15H2,1-2H3,(H,25,26,27,28). The van der Waals surface area contributed by atoms with E-state index in [0.717, 1.165) is 67.4 Å². The van der Waals surface area contributed by atoms with Gasteiger partial charge >= 0.3 is 0 Å². The van der Waals surface area contributed by atoms with E-state index in [1.165, 1.54) is 32.1 Å². The van der Waals surface area contributed by atoms with Gasteiger partial charge in [0.2, 0.25) is 5.91 Å². The molecule has 3 heterocycles. The van der Waals surface area contributed by atoms with E-state index in [1.54, 1.807) is 6.20 Å². The second kappa shape index (κ2) is 10.1. The minimum absolute atomic E-state index is 0.317. The molecule has 0 radical (unpaired) electrons. The lowest BCUT2D eigenvalue weighted by Gasteiger charge is -2.36. The molecule has 2 aromatic heterocycles. The van der Waals surface area contributed by atoms with Crippen LogP contribution < -0.4 is 10.2 Å². The van der Waals surface area contributed by atoms with Gasteiger partial charge in [-0.15, -0.1) is 0 Å². The summed E-state index contributed by atoms with van der Waals surface area (Å²) in [6.07, 6.45) is 10.2. The molecule has 31 heavy (non-hydrogen) atoms. The van der Waals surface area contributed by atoms with Gasteiger partial charge in [0, 0.05) is 44.9 Å². The van der Waals surface area contributed by atoms with E-state index in [4.69, 9.17) is 0 Å². The fourth-order valence-electron chi connectivity index (χ4n) is 4.66. The Morgan fingerprint density at radius 2 is 1.81 bits per heavy atom. The van der Waals surface area contributed by atoms with Crippen molar-refractivity contribution in [2.24, 2.45) is 5.92 Å². The quantitative estimate of drug-likeness (QED) is 0.750. The van der Waals surface area contributed by atoms with Gasteiger partial charge in [-0.3, -0.25) is 4.79 Å². The Morgan fingerprint density at radius 3 is 2.55 bits per heavy atom. The predicted octanol–water partition coefficient (Wildman–Crippen LogP) is 4.24. The highest BCUT2D eigenvalue weighted by Crippen LogP contribution is 2.28. The van der Waals surface area contributed by atoms with Crippen molar-refractivity contribution in [1.82, 2.24) is 19.9 Å². The summed E-state index contributed by atoms with van der Waals surface area (Å²) in [4.78, 5) is 30.5. The van der Waals surface area contributed by atoms with Crippen molar-refractivity contribution < 1.29 is 4.79 Å². The molecule has 1 N–H and O–H groups in total. The van der Waals surface area contributed by atoms with Crippen LogP contribution in [0, 0.1) is 19.8 Å². The monoisotopic (exact) mass is 422 g/mol. The maximum absolute atomic E-state index is 12.7. The van der Waals surface area contributed by atoms with E-state index < -0.39 is 0 Å². The van der Waals surface area contributed by atoms with Crippen molar-refractivity contribution >= 4 is 23.4 Å². The van der Waals surface area contributed by atoms with Crippen LogP contribution in [-0.4, -0.2) is 51.9 Å². The van der Waals surface area contributed by atoms with E-state index in [-0.39, 0.29) is 0 Å². The van der Waals surface area contributed by atoms with Crippen LogP contribution in [0.1, 0.15) is 56.3 Å². The Hall–Kier alpha value is -2.70. The van der Waals surface area contributed by atoms with Crippen molar-refractivity contribution in [3.63, 3.8) is 0 Å². The van der Waals surface area contributed by atoms with Gasteiger partial charge in [-0.05, 0) is 43.9 Å². The maximum atomic E-state index is 12.7. The van der Waals surface area contributed by atoms with Gasteiger partial charge in [-0.1, -0.05) is 32.1 Å². The molecule has 0 unspecified atom stereocenters. The van der Waals surface area contributed by atoms with Crippen molar-refractivity contribution in [1.29, 1.82) is 0 Å². The predicted molar refractivity (Wildman–Crippen MR) is 124 cm³/mol. The van der Waals surface area contributed by atoms with Gasteiger partial charge in [0.05, 0.1) is 0 Å². The molecular formula is C24H34N6O. The molecule has 4 rings (SSSR count). The number of rotatable bonds is 6. The average Bonchev–Trinajstić information content (AvgIpc) is 2.78. The molecule has 0 atom stereocenters. The Labute approximate surface area is 185 Å². The number of aryl methyl sites for hydroxylation is 2. The van der Waals surface area contributed by atoms with Gasteiger partial charge in [-0.2, -0.15) is 0 Å². The van der Waals surface area contributed by atoms with Crippen LogP contribution in [0.5, 0.6) is 0 Å². The molecular weight excluding hydrogens is 388 g/mol. The number of nitrogens with zero attached hydrogens (tertiary/aromatic N) is 5.